The fourth-order valence-electron chi connectivity index (χ4n) is 5.89. The molecule has 2 heteroatoms. The number of rotatable bonds is 3. The quantitative estimate of drug-likeness (QED) is 0.577. The van der Waals surface area contributed by atoms with E-state index in [0.717, 1.165) is 23.7 Å². The molecule has 0 aromatic carbocycles. The van der Waals surface area contributed by atoms with Crippen molar-refractivity contribution in [3.8, 4) is 0 Å². The van der Waals surface area contributed by atoms with Crippen LogP contribution in [0.2, 0.25) is 0 Å². The third kappa shape index (κ3) is 2.49. The van der Waals surface area contributed by atoms with Crippen LogP contribution in [-0.2, 0) is 9.47 Å². The zero-order valence-corrected chi connectivity index (χ0v) is 13.0. The molecule has 2 saturated heterocycles. The zero-order chi connectivity index (χ0) is 13.8. The van der Waals surface area contributed by atoms with Crippen LogP contribution in [0, 0.1) is 23.7 Å². The van der Waals surface area contributed by atoms with Gasteiger partial charge in [0.1, 0.15) is 0 Å². The van der Waals surface area contributed by atoms with Crippen LogP contribution in [0.3, 0.4) is 0 Å². The Morgan fingerprint density at radius 2 is 1.33 bits per heavy atom. The van der Waals surface area contributed by atoms with Gasteiger partial charge in [0.05, 0.1) is 24.4 Å². The van der Waals surface area contributed by atoms with Gasteiger partial charge in [-0.3, -0.25) is 0 Å². The molecule has 116 valence electrons. The number of epoxide rings is 2. The van der Waals surface area contributed by atoms with Crippen molar-refractivity contribution < 1.29 is 9.47 Å². The highest BCUT2D eigenvalue weighted by Crippen LogP contribution is 2.52. The smallest absolute Gasteiger partial charge is 0.0844 e. The summed E-state index contributed by atoms with van der Waals surface area (Å²) in [6, 6.07) is 0. The molecule has 21 heavy (non-hydrogen) atoms. The van der Waals surface area contributed by atoms with Crippen LogP contribution in [0.4, 0.5) is 0 Å². The minimum atomic E-state index is 0.638. The maximum atomic E-state index is 5.82. The average Bonchev–Trinajstić information content (AvgIpc) is 3.42. The van der Waals surface area contributed by atoms with E-state index >= 15 is 0 Å². The van der Waals surface area contributed by atoms with E-state index < -0.39 is 0 Å². The minimum Gasteiger partial charge on any atom is -0.370 e. The van der Waals surface area contributed by atoms with Gasteiger partial charge in [-0.05, 0) is 81.5 Å². The van der Waals surface area contributed by atoms with Crippen LogP contribution >= 0.6 is 0 Å². The van der Waals surface area contributed by atoms with E-state index in [1.165, 1.54) is 57.8 Å². The third-order valence-corrected chi connectivity index (χ3v) is 7.03. The van der Waals surface area contributed by atoms with E-state index in [9.17, 15) is 0 Å². The molecule has 2 aliphatic heterocycles. The van der Waals surface area contributed by atoms with Gasteiger partial charge < -0.3 is 9.47 Å². The van der Waals surface area contributed by atoms with Gasteiger partial charge in [-0.1, -0.05) is 12.2 Å². The van der Waals surface area contributed by atoms with Crippen molar-refractivity contribution in [3.05, 3.63) is 12.2 Å². The molecule has 3 aliphatic carbocycles. The summed E-state index contributed by atoms with van der Waals surface area (Å²) in [6.07, 6.45) is 19.8. The van der Waals surface area contributed by atoms with Crippen LogP contribution < -0.4 is 0 Å². The standard InChI is InChI=1S/C19H28O2/c1-2-4-12(5-3-1)19(13-6-8-15-17(10-13)20-15)14-7-9-16-18(11-14)21-16/h1-2,12-19H,3-11H2. The van der Waals surface area contributed by atoms with E-state index in [1.807, 2.05) is 0 Å². The highest BCUT2D eigenvalue weighted by Gasteiger charge is 2.51. The number of allylic oxidation sites excluding steroid dienone is 2. The average molecular weight is 288 g/mol. The molecule has 2 saturated carbocycles. The van der Waals surface area contributed by atoms with Gasteiger partial charge in [-0.15, -0.1) is 0 Å². The highest BCUT2D eigenvalue weighted by molar-refractivity contribution is 5.02. The molecule has 2 heterocycles. The predicted octanol–water partition coefficient (Wildman–Crippen LogP) is 4.09. The Kier molecular flexibility index (Phi) is 3.19. The Morgan fingerprint density at radius 3 is 1.86 bits per heavy atom. The normalized spacial score (nSPS) is 52.7. The molecule has 5 rings (SSSR count). The molecule has 7 unspecified atom stereocenters. The van der Waals surface area contributed by atoms with Crippen LogP contribution in [0.15, 0.2) is 12.2 Å². The second-order valence-electron chi connectivity index (χ2n) is 8.19. The highest BCUT2D eigenvalue weighted by atomic mass is 16.6. The van der Waals surface area contributed by atoms with Gasteiger partial charge in [0.25, 0.3) is 0 Å². The molecule has 2 nitrogen and oxygen atoms in total. The Hall–Kier alpha value is -0.340. The summed E-state index contributed by atoms with van der Waals surface area (Å²) in [5.41, 5.74) is 0. The van der Waals surface area contributed by atoms with E-state index in [-0.39, 0.29) is 0 Å². The predicted molar refractivity (Wildman–Crippen MR) is 82.0 cm³/mol. The summed E-state index contributed by atoms with van der Waals surface area (Å²) < 4.78 is 11.6. The van der Waals surface area contributed by atoms with Gasteiger partial charge >= 0.3 is 0 Å². The van der Waals surface area contributed by atoms with Gasteiger partial charge in [0.2, 0.25) is 0 Å². The minimum absolute atomic E-state index is 0.638. The molecule has 5 aliphatic rings. The van der Waals surface area contributed by atoms with Crippen molar-refractivity contribution in [2.24, 2.45) is 23.7 Å². The number of hydrogen-bond acceptors (Lipinski definition) is 2. The molecule has 4 fully saturated rings. The van der Waals surface area contributed by atoms with Crippen LogP contribution in [0.1, 0.15) is 57.8 Å². The van der Waals surface area contributed by atoms with Crippen molar-refractivity contribution in [3.63, 3.8) is 0 Å². The first kappa shape index (κ1) is 13.1. The fraction of sp³-hybridized carbons (Fsp3) is 0.895. The Bertz CT molecular complexity index is 403. The Balaban J connectivity index is 1.35. The molecule has 0 amide bonds. The first-order chi connectivity index (χ1) is 10.4. The fourth-order valence-corrected chi connectivity index (χ4v) is 5.89. The largest absolute Gasteiger partial charge is 0.370 e. The lowest BCUT2D eigenvalue weighted by molar-refractivity contribution is 0.0904. The van der Waals surface area contributed by atoms with Crippen molar-refractivity contribution >= 4 is 0 Å². The Labute approximate surface area is 128 Å². The van der Waals surface area contributed by atoms with Crippen molar-refractivity contribution in [1.29, 1.82) is 0 Å². The second-order valence-corrected chi connectivity index (χ2v) is 8.19. The molecular formula is C19H28O2. The van der Waals surface area contributed by atoms with Crippen LogP contribution in [0.25, 0.3) is 0 Å². The third-order valence-electron chi connectivity index (χ3n) is 7.03. The lowest BCUT2D eigenvalue weighted by Crippen LogP contribution is -2.36. The van der Waals surface area contributed by atoms with E-state index in [1.54, 1.807) is 0 Å². The summed E-state index contributed by atoms with van der Waals surface area (Å²) in [7, 11) is 0. The van der Waals surface area contributed by atoms with Crippen molar-refractivity contribution in [1.82, 2.24) is 0 Å². The number of hydrogen-bond donors (Lipinski definition) is 0. The Morgan fingerprint density at radius 1 is 0.667 bits per heavy atom. The van der Waals surface area contributed by atoms with E-state index in [2.05, 4.69) is 12.2 Å². The van der Waals surface area contributed by atoms with Crippen LogP contribution in [-0.4, -0.2) is 24.4 Å². The maximum absolute atomic E-state index is 5.82. The summed E-state index contributed by atoms with van der Waals surface area (Å²) in [6.45, 7) is 0. The SMILES string of the molecule is C1=CCC(C(C2CCC3OC3C2)C2CCC3OC3C2)CC1. The lowest BCUT2D eigenvalue weighted by Gasteiger charge is -2.42. The summed E-state index contributed by atoms with van der Waals surface area (Å²) in [4.78, 5) is 0. The van der Waals surface area contributed by atoms with Crippen molar-refractivity contribution in [2.45, 2.75) is 82.2 Å². The maximum Gasteiger partial charge on any atom is 0.0844 e. The molecule has 0 spiro atoms. The molecule has 0 radical (unpaired) electrons. The lowest BCUT2D eigenvalue weighted by atomic mass is 9.62. The summed E-state index contributed by atoms with van der Waals surface area (Å²) >= 11 is 0. The molecule has 0 aromatic heterocycles. The van der Waals surface area contributed by atoms with Gasteiger partial charge in [0.15, 0.2) is 0 Å². The zero-order valence-electron chi connectivity index (χ0n) is 13.0. The molecule has 0 bridgehead atoms. The van der Waals surface area contributed by atoms with Gasteiger partial charge in [-0.2, -0.15) is 0 Å². The summed E-state index contributed by atoms with van der Waals surface area (Å²) in [5, 5.41) is 0. The monoisotopic (exact) mass is 288 g/mol. The van der Waals surface area contributed by atoms with E-state index in [4.69, 9.17) is 9.47 Å². The second kappa shape index (κ2) is 5.09. The molecule has 7 atom stereocenters. The molecular weight excluding hydrogens is 260 g/mol. The summed E-state index contributed by atoms with van der Waals surface area (Å²) in [5.74, 6) is 3.76. The van der Waals surface area contributed by atoms with Crippen LogP contribution in [0.5, 0.6) is 0 Å². The van der Waals surface area contributed by atoms with E-state index in [0.29, 0.717) is 24.4 Å². The van der Waals surface area contributed by atoms with Gasteiger partial charge in [-0.25, -0.2) is 0 Å². The van der Waals surface area contributed by atoms with Crippen molar-refractivity contribution in [2.75, 3.05) is 0 Å². The molecule has 0 aromatic rings. The number of ether oxygens (including phenoxy) is 2. The number of fused-ring (bicyclic) bond motifs is 2. The first-order valence-electron chi connectivity index (χ1n) is 9.34. The topological polar surface area (TPSA) is 25.1 Å². The first-order valence-corrected chi connectivity index (χ1v) is 9.34. The van der Waals surface area contributed by atoms with Gasteiger partial charge in [0, 0.05) is 0 Å². The molecule has 0 N–H and O–H groups in total.